The van der Waals surface area contributed by atoms with E-state index in [0.717, 1.165) is 0 Å². The molecule has 1 saturated heterocycles. The zero-order chi connectivity index (χ0) is 18.7. The quantitative estimate of drug-likeness (QED) is 0.453. The molecule has 0 saturated carbocycles. The standard InChI is InChI=1S/C16H17N3O6S/c20-13-2-1-11(8-14(13)21)18-16(22)10-3-5-17-15(7-10)19-26(23,24)12-4-6-25-9-12/h1-3,5,7-8,12,20-21H,4,6,9H2,(H,17,19)(H,18,22). The molecule has 138 valence electrons. The van der Waals surface area contributed by atoms with Crippen LogP contribution >= 0.6 is 0 Å². The molecule has 26 heavy (non-hydrogen) atoms. The second-order valence-electron chi connectivity index (χ2n) is 5.72. The number of ether oxygens (including phenoxy) is 1. The molecule has 0 bridgehead atoms. The third-order valence-corrected chi connectivity index (χ3v) is 5.57. The van der Waals surface area contributed by atoms with E-state index in [9.17, 15) is 23.4 Å². The minimum atomic E-state index is -3.65. The smallest absolute Gasteiger partial charge is 0.255 e. The normalized spacial score (nSPS) is 17.0. The van der Waals surface area contributed by atoms with Crippen LogP contribution in [0.1, 0.15) is 16.8 Å². The molecule has 2 aromatic rings. The number of nitrogens with zero attached hydrogens (tertiary/aromatic N) is 1. The van der Waals surface area contributed by atoms with E-state index in [1.807, 2.05) is 0 Å². The summed E-state index contributed by atoms with van der Waals surface area (Å²) in [5.74, 6) is -1.18. The van der Waals surface area contributed by atoms with Crippen LogP contribution in [-0.4, -0.2) is 48.0 Å². The molecular weight excluding hydrogens is 362 g/mol. The number of carbonyl (C=O) groups is 1. The second-order valence-corrected chi connectivity index (χ2v) is 7.68. The summed E-state index contributed by atoms with van der Waals surface area (Å²) in [6.07, 6.45) is 1.71. The van der Waals surface area contributed by atoms with Crippen LogP contribution in [0.4, 0.5) is 11.5 Å². The number of amides is 1. The highest BCUT2D eigenvalue weighted by atomic mass is 32.2. The van der Waals surface area contributed by atoms with E-state index in [1.165, 1.54) is 36.5 Å². The zero-order valence-electron chi connectivity index (χ0n) is 13.5. The Hall–Kier alpha value is -2.85. The number of pyridine rings is 1. The summed E-state index contributed by atoms with van der Waals surface area (Å²) < 4.78 is 32.0. The monoisotopic (exact) mass is 379 g/mol. The number of aromatic nitrogens is 1. The van der Waals surface area contributed by atoms with E-state index in [1.54, 1.807) is 0 Å². The lowest BCUT2D eigenvalue weighted by Gasteiger charge is -2.12. The van der Waals surface area contributed by atoms with Gasteiger partial charge in [0.25, 0.3) is 5.91 Å². The molecule has 4 N–H and O–H groups in total. The topological polar surface area (TPSA) is 138 Å². The van der Waals surface area contributed by atoms with Gasteiger partial charge in [-0.2, -0.15) is 0 Å². The molecule has 10 heteroatoms. The molecule has 1 unspecified atom stereocenters. The number of carbonyl (C=O) groups excluding carboxylic acids is 1. The highest BCUT2D eigenvalue weighted by Gasteiger charge is 2.30. The first-order valence-electron chi connectivity index (χ1n) is 7.74. The highest BCUT2D eigenvalue weighted by molar-refractivity contribution is 7.93. The lowest BCUT2D eigenvalue weighted by atomic mass is 10.2. The number of rotatable bonds is 5. The van der Waals surface area contributed by atoms with Gasteiger partial charge in [0.05, 0.1) is 6.61 Å². The van der Waals surface area contributed by atoms with Crippen LogP contribution in [0.3, 0.4) is 0 Å². The average Bonchev–Trinajstić information content (AvgIpc) is 3.14. The van der Waals surface area contributed by atoms with Crippen molar-refractivity contribution in [2.24, 2.45) is 0 Å². The van der Waals surface area contributed by atoms with Crippen molar-refractivity contribution in [3.63, 3.8) is 0 Å². The molecule has 0 aliphatic carbocycles. The highest BCUT2D eigenvalue weighted by Crippen LogP contribution is 2.27. The Labute approximate surface area is 149 Å². The first-order valence-corrected chi connectivity index (χ1v) is 9.28. The minimum Gasteiger partial charge on any atom is -0.504 e. The molecule has 3 rings (SSSR count). The van der Waals surface area contributed by atoms with E-state index >= 15 is 0 Å². The third-order valence-electron chi connectivity index (χ3n) is 3.83. The predicted octanol–water partition coefficient (Wildman–Crippen LogP) is 1.28. The molecule has 1 aromatic carbocycles. The van der Waals surface area contributed by atoms with Crippen LogP contribution in [-0.2, 0) is 14.8 Å². The van der Waals surface area contributed by atoms with Crippen LogP contribution in [0.15, 0.2) is 36.5 Å². The van der Waals surface area contributed by atoms with Gasteiger partial charge in [0.1, 0.15) is 11.1 Å². The van der Waals surface area contributed by atoms with Crippen molar-refractivity contribution in [2.75, 3.05) is 23.3 Å². The van der Waals surface area contributed by atoms with Crippen LogP contribution in [0.5, 0.6) is 11.5 Å². The molecule has 1 aliphatic rings. The van der Waals surface area contributed by atoms with Gasteiger partial charge in [0.2, 0.25) is 10.0 Å². The summed E-state index contributed by atoms with van der Waals surface area (Å²) in [4.78, 5) is 16.2. The fourth-order valence-electron chi connectivity index (χ4n) is 2.42. The summed E-state index contributed by atoms with van der Waals surface area (Å²) in [5, 5.41) is 20.6. The Balaban J connectivity index is 1.73. The van der Waals surface area contributed by atoms with E-state index in [4.69, 9.17) is 4.74 Å². The van der Waals surface area contributed by atoms with Crippen molar-refractivity contribution in [3.8, 4) is 11.5 Å². The molecule has 1 atom stereocenters. The Morgan fingerprint density at radius 2 is 2.00 bits per heavy atom. The lowest BCUT2D eigenvalue weighted by Crippen LogP contribution is -2.28. The number of hydrogen-bond acceptors (Lipinski definition) is 7. The summed E-state index contributed by atoms with van der Waals surface area (Å²) in [6, 6.07) is 6.58. The molecular formula is C16H17N3O6S. The molecule has 1 aromatic heterocycles. The number of sulfonamides is 1. The maximum absolute atomic E-state index is 12.3. The van der Waals surface area contributed by atoms with E-state index in [-0.39, 0.29) is 35.2 Å². The SMILES string of the molecule is O=C(Nc1ccc(O)c(O)c1)c1ccnc(NS(=O)(=O)C2CCOC2)c1. The van der Waals surface area contributed by atoms with Crippen molar-refractivity contribution >= 4 is 27.4 Å². The van der Waals surface area contributed by atoms with E-state index < -0.39 is 21.2 Å². The Bertz CT molecular complexity index is 925. The largest absolute Gasteiger partial charge is 0.504 e. The maximum atomic E-state index is 12.3. The van der Waals surface area contributed by atoms with Crippen LogP contribution in [0.25, 0.3) is 0 Å². The first kappa shape index (κ1) is 18.0. The number of phenols is 2. The molecule has 0 spiro atoms. The predicted molar refractivity (Wildman–Crippen MR) is 93.7 cm³/mol. The Morgan fingerprint density at radius 1 is 1.19 bits per heavy atom. The lowest BCUT2D eigenvalue weighted by molar-refractivity contribution is 0.102. The number of hydrogen-bond donors (Lipinski definition) is 4. The van der Waals surface area contributed by atoms with Gasteiger partial charge in [0, 0.05) is 30.1 Å². The van der Waals surface area contributed by atoms with Crippen molar-refractivity contribution < 1.29 is 28.2 Å². The fraction of sp³-hybridized carbons (Fsp3) is 0.250. The maximum Gasteiger partial charge on any atom is 0.255 e. The molecule has 1 aliphatic heterocycles. The van der Waals surface area contributed by atoms with Crippen LogP contribution < -0.4 is 10.0 Å². The minimum absolute atomic E-state index is 0.0260. The average molecular weight is 379 g/mol. The van der Waals surface area contributed by atoms with Crippen molar-refractivity contribution in [1.29, 1.82) is 0 Å². The van der Waals surface area contributed by atoms with Gasteiger partial charge < -0.3 is 20.3 Å². The van der Waals surface area contributed by atoms with E-state index in [0.29, 0.717) is 13.0 Å². The van der Waals surface area contributed by atoms with Gasteiger partial charge >= 0.3 is 0 Å². The molecule has 9 nitrogen and oxygen atoms in total. The van der Waals surface area contributed by atoms with Crippen LogP contribution in [0.2, 0.25) is 0 Å². The Kier molecular flexibility index (Phi) is 4.96. The summed E-state index contributed by atoms with van der Waals surface area (Å²) in [5.41, 5.74) is 0.445. The third kappa shape index (κ3) is 4.03. The van der Waals surface area contributed by atoms with E-state index in [2.05, 4.69) is 15.0 Å². The van der Waals surface area contributed by atoms with Crippen LogP contribution in [0, 0.1) is 0 Å². The fourth-order valence-corrected chi connectivity index (χ4v) is 3.67. The molecule has 0 radical (unpaired) electrons. The second kappa shape index (κ2) is 7.18. The summed E-state index contributed by atoms with van der Waals surface area (Å²) >= 11 is 0. The zero-order valence-corrected chi connectivity index (χ0v) is 14.4. The Morgan fingerprint density at radius 3 is 2.69 bits per heavy atom. The van der Waals surface area contributed by atoms with Gasteiger partial charge in [-0.25, -0.2) is 13.4 Å². The summed E-state index contributed by atoms with van der Waals surface area (Å²) in [7, 11) is -3.65. The van der Waals surface area contributed by atoms with Crippen molar-refractivity contribution in [1.82, 2.24) is 4.98 Å². The first-order chi connectivity index (χ1) is 12.3. The number of phenolic OH excluding ortho intramolecular Hbond substituents is 2. The van der Waals surface area contributed by atoms with Crippen molar-refractivity contribution in [3.05, 3.63) is 42.1 Å². The van der Waals surface area contributed by atoms with Gasteiger partial charge in [0.15, 0.2) is 11.5 Å². The molecule has 1 fully saturated rings. The van der Waals surface area contributed by atoms with Gasteiger partial charge in [-0.15, -0.1) is 0 Å². The summed E-state index contributed by atoms with van der Waals surface area (Å²) in [6.45, 7) is 0.515. The number of aromatic hydroxyl groups is 2. The molecule has 1 amide bonds. The van der Waals surface area contributed by atoms with Crippen molar-refractivity contribution in [2.45, 2.75) is 11.7 Å². The van der Waals surface area contributed by atoms with Gasteiger partial charge in [-0.05, 0) is 30.7 Å². The number of anilines is 2. The van der Waals surface area contributed by atoms with Gasteiger partial charge in [-0.3, -0.25) is 9.52 Å². The number of benzene rings is 1. The van der Waals surface area contributed by atoms with Gasteiger partial charge in [-0.1, -0.05) is 0 Å². The number of nitrogens with one attached hydrogen (secondary N) is 2. The molecule has 2 heterocycles.